The second-order valence-corrected chi connectivity index (χ2v) is 4.32. The van der Waals surface area contributed by atoms with Crippen molar-refractivity contribution in [3.05, 3.63) is 83.9 Å². The lowest BCUT2D eigenvalue weighted by molar-refractivity contribution is -0.297. The van der Waals surface area contributed by atoms with Crippen LogP contribution in [0.1, 0.15) is 11.1 Å². The minimum Gasteiger partial charge on any atom is -0.545 e. The Balaban J connectivity index is 2.28. The van der Waals surface area contributed by atoms with Gasteiger partial charge in [0.15, 0.2) is 0 Å². The molecule has 0 aromatic heterocycles. The molecule has 0 saturated heterocycles. The van der Waals surface area contributed by atoms with Gasteiger partial charge in [-0.05, 0) is 6.08 Å². The topological polar surface area (TPSA) is 81.6 Å². The summed E-state index contributed by atoms with van der Waals surface area (Å²) >= 11 is 0. The van der Waals surface area contributed by atoms with E-state index in [1.54, 1.807) is 0 Å². The van der Waals surface area contributed by atoms with Crippen LogP contribution in [0.5, 0.6) is 0 Å². The normalized spacial score (nSPS) is 10.2. The van der Waals surface area contributed by atoms with Gasteiger partial charge in [0.05, 0.1) is 11.7 Å². The van der Waals surface area contributed by atoms with Gasteiger partial charge < -0.3 is 9.90 Å². The summed E-state index contributed by atoms with van der Waals surface area (Å²) in [4.78, 5) is 21.8. The summed E-state index contributed by atoms with van der Waals surface area (Å²) < 4.78 is 0. The molecule has 2 rings (SSSR count). The maximum absolute atomic E-state index is 11.5. The molecule has 5 heteroatoms. The van der Waals surface area contributed by atoms with Crippen LogP contribution in [0.4, 0.5) is 0 Å². The second-order valence-electron chi connectivity index (χ2n) is 4.32. The van der Waals surface area contributed by atoms with Gasteiger partial charge in [0, 0.05) is 17.2 Å². The molecule has 110 valence electrons. The first kappa shape index (κ1) is 15.2. The van der Waals surface area contributed by atoms with Gasteiger partial charge in [-0.25, -0.2) is 5.43 Å². The van der Waals surface area contributed by atoms with Gasteiger partial charge in [0.1, 0.15) is 0 Å². The number of nitrogens with one attached hydrogen (secondary N) is 1. The molecule has 0 bridgehead atoms. The fraction of sp³-hybridized carbons (Fsp3) is 0. The lowest BCUT2D eigenvalue weighted by Gasteiger charge is -2.07. The van der Waals surface area contributed by atoms with E-state index in [0.29, 0.717) is 11.8 Å². The third kappa shape index (κ3) is 4.42. The van der Waals surface area contributed by atoms with Crippen LogP contribution in [-0.2, 0) is 9.59 Å². The molecular formula is C17H13N2O3-. The third-order valence-corrected chi connectivity index (χ3v) is 2.74. The zero-order valence-electron chi connectivity index (χ0n) is 11.6. The number of hydrogen-bond donors (Lipinski definition) is 1. The molecule has 0 aliphatic rings. The van der Waals surface area contributed by atoms with E-state index in [4.69, 9.17) is 0 Å². The van der Waals surface area contributed by atoms with Gasteiger partial charge in [-0.2, -0.15) is 5.10 Å². The van der Waals surface area contributed by atoms with E-state index in [9.17, 15) is 14.7 Å². The predicted octanol–water partition coefficient (Wildman–Crippen LogP) is 0.861. The van der Waals surface area contributed by atoms with Crippen molar-refractivity contribution in [3.8, 4) is 0 Å². The summed E-state index contributed by atoms with van der Waals surface area (Å²) in [7, 11) is 0. The van der Waals surface area contributed by atoms with E-state index in [-0.39, 0.29) is 0 Å². The predicted molar refractivity (Wildman–Crippen MR) is 80.8 cm³/mol. The number of benzene rings is 2. The number of amides is 1. The van der Waals surface area contributed by atoms with Crippen molar-refractivity contribution >= 4 is 17.6 Å². The Morgan fingerprint density at radius 1 is 0.864 bits per heavy atom. The van der Waals surface area contributed by atoms with Crippen molar-refractivity contribution in [2.45, 2.75) is 0 Å². The van der Waals surface area contributed by atoms with Crippen molar-refractivity contribution < 1.29 is 14.7 Å². The van der Waals surface area contributed by atoms with Crippen molar-refractivity contribution in [1.82, 2.24) is 5.43 Å². The minimum atomic E-state index is -1.44. The average Bonchev–Trinajstić information content (AvgIpc) is 2.55. The molecule has 0 aliphatic carbocycles. The summed E-state index contributed by atoms with van der Waals surface area (Å²) in [5.74, 6) is -2.08. The lowest BCUT2D eigenvalue weighted by Crippen LogP contribution is -2.22. The molecule has 0 heterocycles. The van der Waals surface area contributed by atoms with Crippen molar-refractivity contribution in [2.75, 3.05) is 0 Å². The average molecular weight is 293 g/mol. The van der Waals surface area contributed by atoms with Crippen LogP contribution in [0.25, 0.3) is 0 Å². The molecule has 1 amide bonds. The number of rotatable bonds is 5. The maximum atomic E-state index is 11.5. The smallest absolute Gasteiger partial charge is 0.264 e. The Bertz CT molecular complexity index is 666. The summed E-state index contributed by atoms with van der Waals surface area (Å²) in [6.07, 6.45) is 1.50. The van der Waals surface area contributed by atoms with Crippen LogP contribution in [0.15, 0.2) is 77.9 Å². The first-order valence-corrected chi connectivity index (χ1v) is 6.54. The Labute approximate surface area is 127 Å². The van der Waals surface area contributed by atoms with E-state index in [2.05, 4.69) is 10.5 Å². The summed E-state index contributed by atoms with van der Waals surface area (Å²) in [6, 6.07) is 18.7. The first-order valence-electron chi connectivity index (χ1n) is 6.54. The molecule has 0 fully saturated rings. The summed E-state index contributed by atoms with van der Waals surface area (Å²) in [5, 5.41) is 14.4. The van der Waals surface area contributed by atoms with Gasteiger partial charge in [0.25, 0.3) is 5.91 Å². The van der Waals surface area contributed by atoms with Crippen LogP contribution in [-0.4, -0.2) is 17.6 Å². The van der Waals surface area contributed by atoms with E-state index in [0.717, 1.165) is 17.2 Å². The molecule has 5 nitrogen and oxygen atoms in total. The maximum Gasteiger partial charge on any atom is 0.264 e. The molecule has 0 aliphatic heterocycles. The van der Waals surface area contributed by atoms with Gasteiger partial charge in [0.2, 0.25) is 0 Å². The van der Waals surface area contributed by atoms with Crippen LogP contribution in [0, 0.1) is 0 Å². The SMILES string of the molecule is O=C([O-])/C=C/C(=O)NN=C(c1ccccc1)c1ccccc1. The Morgan fingerprint density at radius 3 is 1.82 bits per heavy atom. The van der Waals surface area contributed by atoms with Gasteiger partial charge in [-0.1, -0.05) is 60.7 Å². The van der Waals surface area contributed by atoms with Crippen molar-refractivity contribution in [3.63, 3.8) is 0 Å². The van der Waals surface area contributed by atoms with Crippen LogP contribution in [0.2, 0.25) is 0 Å². The minimum absolute atomic E-state index is 0.580. The molecule has 0 atom stereocenters. The highest BCUT2D eigenvalue weighted by atomic mass is 16.4. The Morgan fingerprint density at radius 2 is 1.36 bits per heavy atom. The first-order chi connectivity index (χ1) is 10.7. The number of carbonyl (C=O) groups is 2. The molecule has 0 spiro atoms. The van der Waals surface area contributed by atoms with Gasteiger partial charge >= 0.3 is 0 Å². The summed E-state index contributed by atoms with van der Waals surface area (Å²) in [5.41, 5.74) is 4.55. The highest BCUT2D eigenvalue weighted by Gasteiger charge is 2.06. The molecular weight excluding hydrogens is 280 g/mol. The van der Waals surface area contributed by atoms with Crippen LogP contribution < -0.4 is 10.5 Å². The Kier molecular flexibility index (Phi) is 5.20. The van der Waals surface area contributed by atoms with Crippen molar-refractivity contribution in [1.29, 1.82) is 0 Å². The highest BCUT2D eigenvalue weighted by molar-refractivity contribution is 6.13. The zero-order valence-corrected chi connectivity index (χ0v) is 11.6. The number of aliphatic carboxylic acids is 1. The molecule has 0 unspecified atom stereocenters. The van der Waals surface area contributed by atoms with Crippen LogP contribution in [0.3, 0.4) is 0 Å². The van der Waals surface area contributed by atoms with Crippen LogP contribution >= 0.6 is 0 Å². The van der Waals surface area contributed by atoms with E-state index >= 15 is 0 Å². The fourth-order valence-electron chi connectivity index (χ4n) is 1.78. The lowest BCUT2D eigenvalue weighted by atomic mass is 10.0. The van der Waals surface area contributed by atoms with E-state index in [1.807, 2.05) is 60.7 Å². The zero-order chi connectivity index (χ0) is 15.8. The molecule has 2 aromatic rings. The summed E-state index contributed by atoms with van der Waals surface area (Å²) in [6.45, 7) is 0. The van der Waals surface area contributed by atoms with E-state index in [1.165, 1.54) is 0 Å². The number of carbonyl (C=O) groups excluding carboxylic acids is 2. The third-order valence-electron chi connectivity index (χ3n) is 2.74. The number of hydrazone groups is 1. The monoisotopic (exact) mass is 293 g/mol. The molecule has 2 aromatic carbocycles. The number of hydrogen-bond acceptors (Lipinski definition) is 4. The fourth-order valence-corrected chi connectivity index (χ4v) is 1.78. The Hall–Kier alpha value is -3.21. The second kappa shape index (κ2) is 7.54. The number of carboxylic acids is 1. The van der Waals surface area contributed by atoms with E-state index < -0.39 is 11.9 Å². The largest absolute Gasteiger partial charge is 0.545 e. The van der Waals surface area contributed by atoms with Gasteiger partial charge in [-0.3, -0.25) is 4.79 Å². The number of carboxylic acid groups (broad SMARTS) is 1. The highest BCUT2D eigenvalue weighted by Crippen LogP contribution is 2.10. The molecule has 1 N–H and O–H groups in total. The molecule has 0 radical (unpaired) electrons. The quantitative estimate of drug-likeness (QED) is 0.504. The van der Waals surface area contributed by atoms with Gasteiger partial charge in [-0.15, -0.1) is 0 Å². The van der Waals surface area contributed by atoms with Crippen molar-refractivity contribution in [2.24, 2.45) is 5.10 Å². The standard InChI is InChI=1S/C17H14N2O3/c20-15(11-12-16(21)22)18-19-17(13-7-3-1-4-8-13)14-9-5-2-6-10-14/h1-12H,(H,18,20)(H,21,22)/p-1/b12-11+. The number of nitrogens with zero attached hydrogens (tertiary/aromatic N) is 1. The molecule has 0 saturated carbocycles. The molecule has 22 heavy (non-hydrogen) atoms.